The van der Waals surface area contributed by atoms with Crippen LogP contribution in [0.1, 0.15) is 21.5 Å². The molecule has 0 saturated heterocycles. The molecule has 110 valence electrons. The second kappa shape index (κ2) is 6.30. The number of hydrogen-bond acceptors (Lipinski definition) is 2. The molecule has 2 nitrogen and oxygen atoms in total. The van der Waals surface area contributed by atoms with Crippen LogP contribution in [-0.2, 0) is 12.8 Å². The van der Waals surface area contributed by atoms with Crippen molar-refractivity contribution in [3.05, 3.63) is 63.6 Å². The van der Waals surface area contributed by atoms with Crippen LogP contribution in [0.3, 0.4) is 0 Å². The molecule has 0 aliphatic rings. The standard InChI is InChI=1S/C15H10BrF3O2/c16-13-5-10(8-20)4-11(6-13)9-21-14-3-1-2-12(7-14)15(17,18)19/h1-8H,9H2. The lowest BCUT2D eigenvalue weighted by molar-refractivity contribution is -0.137. The summed E-state index contributed by atoms with van der Waals surface area (Å²) in [6, 6.07) is 9.66. The van der Waals surface area contributed by atoms with Crippen LogP contribution < -0.4 is 4.74 Å². The monoisotopic (exact) mass is 358 g/mol. The molecule has 0 saturated carbocycles. The molecule has 0 atom stereocenters. The molecular weight excluding hydrogens is 349 g/mol. The topological polar surface area (TPSA) is 26.3 Å². The second-order valence-electron chi connectivity index (χ2n) is 4.32. The Morgan fingerprint density at radius 1 is 1.14 bits per heavy atom. The van der Waals surface area contributed by atoms with Crippen LogP contribution in [0.5, 0.6) is 5.75 Å². The van der Waals surface area contributed by atoms with Gasteiger partial charge in [-0.25, -0.2) is 0 Å². The Kier molecular flexibility index (Phi) is 4.67. The first-order valence-corrected chi connectivity index (χ1v) is 6.72. The van der Waals surface area contributed by atoms with E-state index in [9.17, 15) is 18.0 Å². The van der Waals surface area contributed by atoms with Crippen molar-refractivity contribution in [2.45, 2.75) is 12.8 Å². The van der Waals surface area contributed by atoms with E-state index in [1.807, 2.05) is 0 Å². The van der Waals surface area contributed by atoms with E-state index < -0.39 is 11.7 Å². The number of benzene rings is 2. The van der Waals surface area contributed by atoms with Crippen molar-refractivity contribution < 1.29 is 22.7 Å². The van der Waals surface area contributed by atoms with Gasteiger partial charge in [-0.3, -0.25) is 4.79 Å². The zero-order chi connectivity index (χ0) is 15.5. The number of hydrogen-bond donors (Lipinski definition) is 0. The second-order valence-corrected chi connectivity index (χ2v) is 5.24. The van der Waals surface area contributed by atoms with Gasteiger partial charge in [0.1, 0.15) is 18.6 Å². The van der Waals surface area contributed by atoms with Gasteiger partial charge in [0.05, 0.1) is 5.56 Å². The van der Waals surface area contributed by atoms with Crippen molar-refractivity contribution in [1.82, 2.24) is 0 Å². The largest absolute Gasteiger partial charge is 0.489 e. The Morgan fingerprint density at radius 3 is 2.57 bits per heavy atom. The summed E-state index contributed by atoms with van der Waals surface area (Å²) in [4.78, 5) is 10.8. The Morgan fingerprint density at radius 2 is 1.90 bits per heavy atom. The molecule has 0 aromatic heterocycles. The minimum Gasteiger partial charge on any atom is -0.489 e. The predicted octanol–water partition coefficient (Wildman–Crippen LogP) is 4.86. The van der Waals surface area contributed by atoms with Crippen LogP contribution in [0.4, 0.5) is 13.2 Å². The van der Waals surface area contributed by atoms with Gasteiger partial charge in [-0.05, 0) is 42.0 Å². The summed E-state index contributed by atoms with van der Waals surface area (Å²) in [6.07, 6.45) is -3.71. The van der Waals surface area contributed by atoms with Gasteiger partial charge in [0, 0.05) is 10.0 Å². The fourth-order valence-electron chi connectivity index (χ4n) is 1.76. The number of carbonyl (C=O) groups is 1. The van der Waals surface area contributed by atoms with Crippen molar-refractivity contribution in [2.75, 3.05) is 0 Å². The number of alkyl halides is 3. The molecule has 0 aliphatic heterocycles. The lowest BCUT2D eigenvalue weighted by atomic mass is 10.1. The number of halogens is 4. The van der Waals surface area contributed by atoms with Gasteiger partial charge in [0.2, 0.25) is 0 Å². The lowest BCUT2D eigenvalue weighted by Crippen LogP contribution is -2.05. The first-order valence-electron chi connectivity index (χ1n) is 5.93. The van der Waals surface area contributed by atoms with Crippen molar-refractivity contribution in [1.29, 1.82) is 0 Å². The normalized spacial score (nSPS) is 11.2. The van der Waals surface area contributed by atoms with Crippen LogP contribution in [0.2, 0.25) is 0 Å². The van der Waals surface area contributed by atoms with Gasteiger partial charge in [-0.1, -0.05) is 22.0 Å². The molecule has 0 aliphatic carbocycles. The molecule has 6 heteroatoms. The average molecular weight is 359 g/mol. The van der Waals surface area contributed by atoms with Crippen molar-refractivity contribution >= 4 is 22.2 Å². The summed E-state index contributed by atoms with van der Waals surface area (Å²) < 4.78 is 43.8. The molecule has 0 N–H and O–H groups in total. The number of rotatable bonds is 4. The summed E-state index contributed by atoms with van der Waals surface area (Å²) in [7, 11) is 0. The highest BCUT2D eigenvalue weighted by Gasteiger charge is 2.30. The Balaban J connectivity index is 2.13. The Hall–Kier alpha value is -1.82. The summed E-state index contributed by atoms with van der Waals surface area (Å²) >= 11 is 3.25. The number of carbonyl (C=O) groups excluding carboxylic acids is 1. The number of ether oxygens (including phenoxy) is 1. The van der Waals surface area contributed by atoms with E-state index in [4.69, 9.17) is 4.74 Å². The maximum atomic E-state index is 12.6. The van der Waals surface area contributed by atoms with Crippen LogP contribution in [-0.4, -0.2) is 6.29 Å². The molecule has 21 heavy (non-hydrogen) atoms. The van der Waals surface area contributed by atoms with Gasteiger partial charge >= 0.3 is 6.18 Å². The van der Waals surface area contributed by atoms with E-state index in [2.05, 4.69) is 15.9 Å². The van der Waals surface area contributed by atoms with Crippen LogP contribution in [0.15, 0.2) is 46.9 Å². The van der Waals surface area contributed by atoms with Crippen LogP contribution >= 0.6 is 15.9 Å². The molecule has 2 aromatic carbocycles. The van der Waals surface area contributed by atoms with Gasteiger partial charge in [-0.2, -0.15) is 13.2 Å². The minimum absolute atomic E-state index is 0.0710. The molecule has 0 fully saturated rings. The van der Waals surface area contributed by atoms with Gasteiger partial charge in [-0.15, -0.1) is 0 Å². The van der Waals surface area contributed by atoms with E-state index in [1.54, 1.807) is 18.2 Å². The van der Waals surface area contributed by atoms with E-state index in [-0.39, 0.29) is 12.4 Å². The maximum Gasteiger partial charge on any atom is 0.416 e. The highest BCUT2D eigenvalue weighted by Crippen LogP contribution is 2.31. The highest BCUT2D eigenvalue weighted by molar-refractivity contribution is 9.10. The first kappa shape index (κ1) is 15.6. The van der Waals surface area contributed by atoms with Gasteiger partial charge < -0.3 is 4.74 Å². The molecule has 2 aromatic rings. The SMILES string of the molecule is O=Cc1cc(Br)cc(COc2cccc(C(F)(F)F)c2)c1. The first-order chi connectivity index (χ1) is 9.88. The molecule has 0 heterocycles. The summed E-state index contributed by atoms with van der Waals surface area (Å²) in [6.45, 7) is 0.0710. The van der Waals surface area contributed by atoms with Gasteiger partial charge in [0.25, 0.3) is 0 Å². The summed E-state index contributed by atoms with van der Waals surface area (Å²) in [5.41, 5.74) is 0.388. The third-order valence-electron chi connectivity index (χ3n) is 2.68. The van der Waals surface area contributed by atoms with E-state index in [0.29, 0.717) is 21.9 Å². The maximum absolute atomic E-state index is 12.6. The van der Waals surface area contributed by atoms with Crippen molar-refractivity contribution in [3.63, 3.8) is 0 Å². The van der Waals surface area contributed by atoms with E-state index in [0.717, 1.165) is 12.1 Å². The van der Waals surface area contributed by atoms with E-state index in [1.165, 1.54) is 12.1 Å². The summed E-state index contributed by atoms with van der Waals surface area (Å²) in [5.74, 6) is 0.123. The highest BCUT2D eigenvalue weighted by atomic mass is 79.9. The fourth-order valence-corrected chi connectivity index (χ4v) is 2.31. The van der Waals surface area contributed by atoms with E-state index >= 15 is 0 Å². The predicted molar refractivity (Wildman–Crippen MR) is 75.3 cm³/mol. The third-order valence-corrected chi connectivity index (χ3v) is 3.14. The van der Waals surface area contributed by atoms with Crippen molar-refractivity contribution in [2.24, 2.45) is 0 Å². The zero-order valence-corrected chi connectivity index (χ0v) is 12.2. The average Bonchev–Trinajstić information content (AvgIpc) is 2.44. The fraction of sp³-hybridized carbons (Fsp3) is 0.133. The smallest absolute Gasteiger partial charge is 0.416 e. The molecule has 2 rings (SSSR count). The Bertz CT molecular complexity index is 654. The van der Waals surface area contributed by atoms with Crippen LogP contribution in [0.25, 0.3) is 0 Å². The van der Waals surface area contributed by atoms with Crippen molar-refractivity contribution in [3.8, 4) is 5.75 Å². The molecule has 0 spiro atoms. The minimum atomic E-state index is -4.40. The summed E-state index contributed by atoms with van der Waals surface area (Å²) in [5, 5.41) is 0. The lowest BCUT2D eigenvalue weighted by Gasteiger charge is -2.10. The number of aldehydes is 1. The van der Waals surface area contributed by atoms with Gasteiger partial charge in [0.15, 0.2) is 0 Å². The molecular formula is C15H10BrF3O2. The third kappa shape index (κ3) is 4.32. The quantitative estimate of drug-likeness (QED) is 0.729. The molecule has 0 amide bonds. The zero-order valence-electron chi connectivity index (χ0n) is 10.7. The molecule has 0 radical (unpaired) electrons. The Labute approximate surface area is 127 Å². The molecule has 0 unspecified atom stereocenters. The molecule has 0 bridgehead atoms. The van der Waals surface area contributed by atoms with Crippen LogP contribution in [0, 0.1) is 0 Å².